The highest BCUT2D eigenvalue weighted by Gasteiger charge is 2.18. The fourth-order valence-corrected chi connectivity index (χ4v) is 5.58. The lowest BCUT2D eigenvalue weighted by atomic mass is 10.0. The first-order valence-corrected chi connectivity index (χ1v) is 12.6. The minimum absolute atomic E-state index is 0.137. The van der Waals surface area contributed by atoms with E-state index in [1.54, 1.807) is 4.68 Å². The van der Waals surface area contributed by atoms with E-state index in [9.17, 15) is 4.79 Å². The van der Waals surface area contributed by atoms with Gasteiger partial charge in [-0.1, -0.05) is 53.7 Å². The molecule has 0 aliphatic heterocycles. The second-order valence-electron chi connectivity index (χ2n) is 7.65. The zero-order valence-electron chi connectivity index (χ0n) is 18.9. The van der Waals surface area contributed by atoms with Crippen molar-refractivity contribution in [2.24, 2.45) is 0 Å². The van der Waals surface area contributed by atoms with E-state index in [0.717, 1.165) is 26.5 Å². The first-order chi connectivity index (χ1) is 16.5. The summed E-state index contributed by atoms with van der Waals surface area (Å²) in [5, 5.41) is 13.3. The van der Waals surface area contributed by atoms with Crippen LogP contribution in [0.2, 0.25) is 0 Å². The van der Waals surface area contributed by atoms with E-state index in [1.165, 1.54) is 28.7 Å². The fraction of sp³-hybridized carbons (Fsp3) is 0.208. The molecule has 5 rings (SSSR count). The second kappa shape index (κ2) is 9.40. The van der Waals surface area contributed by atoms with E-state index in [2.05, 4.69) is 32.6 Å². The van der Waals surface area contributed by atoms with Crippen LogP contribution in [0, 0.1) is 13.8 Å². The van der Waals surface area contributed by atoms with Gasteiger partial charge in [0.1, 0.15) is 22.1 Å². The Labute approximate surface area is 204 Å². The number of thiophene rings is 1. The summed E-state index contributed by atoms with van der Waals surface area (Å²) in [5.41, 5.74) is 3.77. The number of benzene rings is 2. The molecule has 0 atom stereocenters. The standard InChI is InChI=1S/C24H22N6O2S2/c1-4-32-18-8-6-5-7-17(18)30-24(27-28-29-30)33-13-19-25-22(31)21-20(15(3)34-23(21)26-19)16-11-9-14(2)10-12-16/h5-12H,4,13H2,1-3H3,(H,25,26,31). The van der Waals surface area contributed by atoms with Crippen LogP contribution in [-0.2, 0) is 5.75 Å². The lowest BCUT2D eigenvalue weighted by Crippen LogP contribution is -2.11. The summed E-state index contributed by atoms with van der Waals surface area (Å²) in [5.74, 6) is 1.69. The Balaban J connectivity index is 1.44. The SMILES string of the molecule is CCOc1ccccc1-n1nnnc1SCc1nc2sc(C)c(-c3ccc(C)cc3)c2c(=O)[nH]1. The van der Waals surface area contributed by atoms with Crippen LogP contribution in [-0.4, -0.2) is 36.8 Å². The molecule has 0 aliphatic carbocycles. The van der Waals surface area contributed by atoms with Crippen LogP contribution in [0.15, 0.2) is 58.5 Å². The van der Waals surface area contributed by atoms with E-state index in [4.69, 9.17) is 9.72 Å². The first kappa shape index (κ1) is 22.3. The maximum absolute atomic E-state index is 13.1. The quantitative estimate of drug-likeness (QED) is 0.323. The van der Waals surface area contributed by atoms with Crippen molar-refractivity contribution in [1.29, 1.82) is 0 Å². The first-order valence-electron chi connectivity index (χ1n) is 10.8. The van der Waals surface area contributed by atoms with Crippen LogP contribution in [0.3, 0.4) is 0 Å². The van der Waals surface area contributed by atoms with Crippen molar-refractivity contribution in [2.75, 3.05) is 6.61 Å². The molecule has 0 saturated carbocycles. The highest BCUT2D eigenvalue weighted by molar-refractivity contribution is 7.98. The van der Waals surface area contributed by atoms with Gasteiger partial charge in [0, 0.05) is 10.4 Å². The predicted molar refractivity (Wildman–Crippen MR) is 135 cm³/mol. The van der Waals surface area contributed by atoms with Gasteiger partial charge >= 0.3 is 0 Å². The van der Waals surface area contributed by atoms with E-state index < -0.39 is 0 Å². The molecular weight excluding hydrogens is 468 g/mol. The smallest absolute Gasteiger partial charge is 0.260 e. The number of ether oxygens (including phenoxy) is 1. The third-order valence-corrected chi connectivity index (χ3v) is 7.23. The third kappa shape index (κ3) is 4.22. The molecule has 0 bridgehead atoms. The number of hydrogen-bond acceptors (Lipinski definition) is 8. The molecule has 2 aromatic carbocycles. The number of aromatic amines is 1. The molecule has 0 fully saturated rings. The molecule has 3 aromatic heterocycles. The van der Waals surface area contributed by atoms with Crippen LogP contribution in [0.25, 0.3) is 27.0 Å². The predicted octanol–water partition coefficient (Wildman–Crippen LogP) is 4.94. The molecule has 0 saturated heterocycles. The third-order valence-electron chi connectivity index (χ3n) is 5.30. The molecule has 0 unspecified atom stereocenters. The molecule has 10 heteroatoms. The van der Waals surface area contributed by atoms with Crippen LogP contribution in [0.4, 0.5) is 0 Å². The zero-order chi connectivity index (χ0) is 23.7. The minimum atomic E-state index is -0.137. The maximum atomic E-state index is 13.1. The van der Waals surface area contributed by atoms with Gasteiger partial charge in [0.15, 0.2) is 0 Å². The van der Waals surface area contributed by atoms with E-state index in [0.29, 0.717) is 34.5 Å². The molecule has 1 N–H and O–H groups in total. The molecule has 5 aromatic rings. The van der Waals surface area contributed by atoms with Gasteiger partial charge in [0.05, 0.1) is 17.7 Å². The topological polar surface area (TPSA) is 98.6 Å². The van der Waals surface area contributed by atoms with Gasteiger partial charge in [0.2, 0.25) is 5.16 Å². The minimum Gasteiger partial charge on any atom is -0.492 e. The fourth-order valence-electron chi connectivity index (χ4n) is 3.76. The Morgan fingerprint density at radius 1 is 1.12 bits per heavy atom. The van der Waals surface area contributed by atoms with E-state index in [1.807, 2.05) is 57.2 Å². The lowest BCUT2D eigenvalue weighted by Gasteiger charge is -2.10. The van der Waals surface area contributed by atoms with Crippen LogP contribution < -0.4 is 10.3 Å². The van der Waals surface area contributed by atoms with E-state index in [-0.39, 0.29) is 5.56 Å². The summed E-state index contributed by atoms with van der Waals surface area (Å²) in [4.78, 5) is 22.6. The summed E-state index contributed by atoms with van der Waals surface area (Å²) in [6.07, 6.45) is 0. The summed E-state index contributed by atoms with van der Waals surface area (Å²) >= 11 is 2.93. The van der Waals surface area contributed by atoms with Crippen molar-refractivity contribution in [3.63, 3.8) is 0 Å². The number of aryl methyl sites for hydroxylation is 2. The number of para-hydroxylation sites is 2. The normalized spacial score (nSPS) is 11.3. The number of hydrogen-bond donors (Lipinski definition) is 1. The number of tetrazole rings is 1. The molecule has 172 valence electrons. The Hall–Kier alpha value is -3.50. The van der Waals surface area contributed by atoms with Gasteiger partial charge in [-0.2, -0.15) is 4.68 Å². The van der Waals surface area contributed by atoms with Crippen LogP contribution in [0.1, 0.15) is 23.2 Å². The molecular formula is C24H22N6O2S2. The maximum Gasteiger partial charge on any atom is 0.260 e. The Morgan fingerprint density at radius 2 is 1.91 bits per heavy atom. The van der Waals surface area contributed by atoms with Crippen molar-refractivity contribution in [3.05, 3.63) is 75.1 Å². The van der Waals surface area contributed by atoms with E-state index >= 15 is 0 Å². The van der Waals surface area contributed by atoms with Gasteiger partial charge in [-0.05, 0) is 48.9 Å². The molecule has 0 spiro atoms. The summed E-state index contributed by atoms with van der Waals surface area (Å²) in [7, 11) is 0. The molecule has 0 amide bonds. The molecule has 0 aliphatic rings. The van der Waals surface area contributed by atoms with Gasteiger partial charge in [0.25, 0.3) is 5.56 Å². The average molecular weight is 491 g/mol. The largest absolute Gasteiger partial charge is 0.492 e. The number of aromatic nitrogens is 6. The van der Waals surface area contributed by atoms with Crippen molar-refractivity contribution in [1.82, 2.24) is 30.2 Å². The van der Waals surface area contributed by atoms with Crippen LogP contribution in [0.5, 0.6) is 5.75 Å². The Bertz CT molecular complexity index is 1520. The number of thioether (sulfide) groups is 1. The number of nitrogens with zero attached hydrogens (tertiary/aromatic N) is 5. The van der Waals surface area contributed by atoms with Gasteiger partial charge in [-0.25, -0.2) is 4.98 Å². The van der Waals surface area contributed by atoms with Crippen LogP contribution >= 0.6 is 23.1 Å². The number of rotatable bonds is 7. The summed E-state index contributed by atoms with van der Waals surface area (Å²) < 4.78 is 7.35. The lowest BCUT2D eigenvalue weighted by molar-refractivity contribution is 0.337. The molecule has 3 heterocycles. The number of H-pyrrole nitrogens is 1. The highest BCUT2D eigenvalue weighted by Crippen LogP contribution is 2.36. The van der Waals surface area contributed by atoms with Gasteiger partial charge in [-0.3, -0.25) is 4.79 Å². The summed E-state index contributed by atoms with van der Waals surface area (Å²) in [6.45, 7) is 6.55. The number of nitrogens with one attached hydrogen (secondary N) is 1. The van der Waals surface area contributed by atoms with Crippen molar-refractivity contribution >= 4 is 33.3 Å². The monoisotopic (exact) mass is 490 g/mol. The molecule has 8 nitrogen and oxygen atoms in total. The van der Waals surface area contributed by atoms with Gasteiger partial charge in [-0.15, -0.1) is 16.4 Å². The Morgan fingerprint density at radius 3 is 2.71 bits per heavy atom. The highest BCUT2D eigenvalue weighted by atomic mass is 32.2. The molecule has 34 heavy (non-hydrogen) atoms. The summed E-state index contributed by atoms with van der Waals surface area (Å²) in [6, 6.07) is 15.8. The second-order valence-corrected chi connectivity index (χ2v) is 9.80. The van der Waals surface area contributed by atoms with Gasteiger partial charge < -0.3 is 9.72 Å². The average Bonchev–Trinajstić information content (AvgIpc) is 3.43. The van der Waals surface area contributed by atoms with Crippen molar-refractivity contribution in [3.8, 4) is 22.6 Å². The molecule has 0 radical (unpaired) electrons. The van der Waals surface area contributed by atoms with Crippen molar-refractivity contribution < 1.29 is 4.74 Å². The Kier molecular flexibility index (Phi) is 6.16. The zero-order valence-corrected chi connectivity index (χ0v) is 20.5. The number of fused-ring (bicyclic) bond motifs is 1. The van der Waals surface area contributed by atoms with Crippen molar-refractivity contribution in [2.45, 2.75) is 31.7 Å².